The van der Waals surface area contributed by atoms with Gasteiger partial charge in [-0.1, -0.05) is 182 Å². The number of esters is 1. The molecular formula is C49H82O4. The Morgan fingerprint density at radius 2 is 0.792 bits per heavy atom. The van der Waals surface area contributed by atoms with E-state index in [1.807, 2.05) is 0 Å². The van der Waals surface area contributed by atoms with Crippen LogP contribution in [-0.2, 0) is 14.3 Å². The number of aliphatic hydroxyl groups excluding tert-OH is 1. The number of aliphatic hydroxyl groups is 1. The molecule has 0 aliphatic rings. The van der Waals surface area contributed by atoms with Crippen LogP contribution < -0.4 is 0 Å². The van der Waals surface area contributed by atoms with Gasteiger partial charge in [0.1, 0.15) is 6.10 Å². The lowest BCUT2D eigenvalue weighted by molar-refractivity contribution is -0.154. The summed E-state index contributed by atoms with van der Waals surface area (Å²) >= 11 is 0. The normalized spacial score (nSPS) is 13.3. The van der Waals surface area contributed by atoms with Gasteiger partial charge in [0.05, 0.1) is 13.2 Å². The predicted molar refractivity (Wildman–Crippen MR) is 232 cm³/mol. The number of unbranched alkanes of at least 4 members (excludes halogenated alkanes) is 15. The molecule has 0 aromatic rings. The summed E-state index contributed by atoms with van der Waals surface area (Å²) in [6, 6.07) is 0. The molecule has 1 N–H and O–H groups in total. The van der Waals surface area contributed by atoms with Gasteiger partial charge in [0.25, 0.3) is 0 Å². The maximum absolute atomic E-state index is 12.2. The fraction of sp³-hybridized carbons (Fsp3) is 0.653. The van der Waals surface area contributed by atoms with Crippen molar-refractivity contribution in [1.29, 1.82) is 0 Å². The van der Waals surface area contributed by atoms with Crippen LogP contribution in [0.1, 0.15) is 181 Å². The van der Waals surface area contributed by atoms with E-state index < -0.39 is 6.10 Å². The number of carbonyl (C=O) groups excluding carboxylic acids is 1. The van der Waals surface area contributed by atoms with Crippen molar-refractivity contribution < 1.29 is 19.4 Å². The molecule has 0 saturated heterocycles. The standard InChI is InChI=1S/C49H82O4/c1-3-5-7-9-11-13-15-17-19-21-22-23-24-25-26-27-28-29-30-32-34-36-38-40-42-44-49(51)53-48(46-50)47-52-45-43-41-39-37-35-33-31-20-18-16-14-12-10-8-6-4-2/h5-8,11-14,17-20,22-23,25-26,48,50H,3-4,9-10,15-16,21,24,27-47H2,1-2H3/b7-5-,8-6-,13-11-,14-12-,19-17-,20-18-,23-22-,26-25-. The molecule has 1 unspecified atom stereocenters. The zero-order valence-electron chi connectivity index (χ0n) is 34.5. The second-order valence-corrected chi connectivity index (χ2v) is 14.0. The molecule has 0 bridgehead atoms. The molecule has 0 fully saturated rings. The van der Waals surface area contributed by atoms with Crippen molar-refractivity contribution >= 4 is 5.97 Å². The molecule has 0 saturated carbocycles. The Kier molecular flexibility index (Phi) is 43.2. The highest BCUT2D eigenvalue weighted by Gasteiger charge is 2.13. The average Bonchev–Trinajstić information content (AvgIpc) is 3.16. The average molecular weight is 735 g/mol. The van der Waals surface area contributed by atoms with Crippen molar-refractivity contribution in [1.82, 2.24) is 0 Å². The summed E-state index contributed by atoms with van der Waals surface area (Å²) in [5.41, 5.74) is 0. The maximum Gasteiger partial charge on any atom is 0.306 e. The molecular weight excluding hydrogens is 653 g/mol. The minimum atomic E-state index is -0.551. The van der Waals surface area contributed by atoms with Crippen LogP contribution in [0.25, 0.3) is 0 Å². The Morgan fingerprint density at radius 3 is 1.19 bits per heavy atom. The highest BCUT2D eigenvalue weighted by molar-refractivity contribution is 5.69. The third-order valence-electron chi connectivity index (χ3n) is 8.90. The Morgan fingerprint density at radius 1 is 0.453 bits per heavy atom. The number of allylic oxidation sites excluding steroid dienone is 16. The summed E-state index contributed by atoms with van der Waals surface area (Å²) in [4.78, 5) is 12.2. The van der Waals surface area contributed by atoms with E-state index in [1.54, 1.807) is 0 Å². The molecule has 53 heavy (non-hydrogen) atoms. The van der Waals surface area contributed by atoms with Gasteiger partial charge in [-0.15, -0.1) is 0 Å². The van der Waals surface area contributed by atoms with Crippen LogP contribution in [0.2, 0.25) is 0 Å². The van der Waals surface area contributed by atoms with E-state index in [2.05, 4.69) is 111 Å². The predicted octanol–water partition coefficient (Wildman–Crippen LogP) is 14.5. The summed E-state index contributed by atoms with van der Waals surface area (Å²) in [6.45, 7) is 5.08. The molecule has 0 aromatic carbocycles. The van der Waals surface area contributed by atoms with E-state index in [0.29, 0.717) is 13.0 Å². The molecule has 1 atom stereocenters. The van der Waals surface area contributed by atoms with E-state index in [9.17, 15) is 9.90 Å². The summed E-state index contributed by atoms with van der Waals surface area (Å²) in [5, 5.41) is 9.61. The zero-order valence-corrected chi connectivity index (χ0v) is 34.5. The first kappa shape index (κ1) is 50.3. The van der Waals surface area contributed by atoms with E-state index in [4.69, 9.17) is 9.47 Å². The Labute approximate surface area is 328 Å². The van der Waals surface area contributed by atoms with Gasteiger partial charge in [-0.25, -0.2) is 0 Å². The monoisotopic (exact) mass is 735 g/mol. The third-order valence-corrected chi connectivity index (χ3v) is 8.90. The summed E-state index contributed by atoms with van der Waals surface area (Å²) in [7, 11) is 0. The minimum absolute atomic E-state index is 0.185. The zero-order chi connectivity index (χ0) is 38.4. The minimum Gasteiger partial charge on any atom is -0.457 e. The smallest absolute Gasteiger partial charge is 0.306 e. The van der Waals surface area contributed by atoms with E-state index in [0.717, 1.165) is 77.0 Å². The lowest BCUT2D eigenvalue weighted by Gasteiger charge is -2.15. The summed E-state index contributed by atoms with van der Waals surface area (Å²) in [5.74, 6) is -0.216. The van der Waals surface area contributed by atoms with Crippen LogP contribution in [0, 0.1) is 0 Å². The second kappa shape index (κ2) is 45.5. The molecule has 0 aliphatic heterocycles. The summed E-state index contributed by atoms with van der Waals surface area (Å²) < 4.78 is 11.1. The molecule has 0 amide bonds. The Balaban J connectivity index is 3.51. The highest BCUT2D eigenvalue weighted by atomic mass is 16.6. The molecule has 0 spiro atoms. The van der Waals surface area contributed by atoms with Crippen LogP contribution in [0.15, 0.2) is 97.2 Å². The van der Waals surface area contributed by atoms with Crippen molar-refractivity contribution in [3.8, 4) is 0 Å². The fourth-order valence-corrected chi connectivity index (χ4v) is 5.72. The molecule has 0 aromatic heterocycles. The quantitative estimate of drug-likeness (QED) is 0.0388. The molecule has 302 valence electrons. The van der Waals surface area contributed by atoms with Crippen LogP contribution >= 0.6 is 0 Å². The fourth-order valence-electron chi connectivity index (χ4n) is 5.72. The maximum atomic E-state index is 12.2. The van der Waals surface area contributed by atoms with E-state index in [1.165, 1.54) is 83.5 Å². The first-order chi connectivity index (χ1) is 26.2. The van der Waals surface area contributed by atoms with Gasteiger partial charge in [-0.3, -0.25) is 4.79 Å². The molecule has 0 heterocycles. The van der Waals surface area contributed by atoms with E-state index in [-0.39, 0.29) is 19.2 Å². The highest BCUT2D eigenvalue weighted by Crippen LogP contribution is 2.13. The van der Waals surface area contributed by atoms with Crippen LogP contribution in [0.3, 0.4) is 0 Å². The number of carbonyl (C=O) groups is 1. The second-order valence-electron chi connectivity index (χ2n) is 14.0. The third kappa shape index (κ3) is 43.6. The van der Waals surface area contributed by atoms with Crippen molar-refractivity contribution in [3.63, 3.8) is 0 Å². The Hall–Kier alpha value is -2.69. The van der Waals surface area contributed by atoms with Gasteiger partial charge in [-0.05, 0) is 89.9 Å². The van der Waals surface area contributed by atoms with Crippen molar-refractivity contribution in [2.45, 2.75) is 187 Å². The first-order valence-corrected chi connectivity index (χ1v) is 21.8. The lowest BCUT2D eigenvalue weighted by Crippen LogP contribution is -2.27. The topological polar surface area (TPSA) is 55.8 Å². The van der Waals surface area contributed by atoms with Crippen LogP contribution in [-0.4, -0.2) is 37.0 Å². The first-order valence-electron chi connectivity index (χ1n) is 21.8. The largest absolute Gasteiger partial charge is 0.457 e. The van der Waals surface area contributed by atoms with Crippen molar-refractivity contribution in [2.24, 2.45) is 0 Å². The summed E-state index contributed by atoms with van der Waals surface area (Å²) in [6.07, 6.45) is 64.7. The number of ether oxygens (including phenoxy) is 2. The number of rotatable bonds is 39. The van der Waals surface area contributed by atoms with Gasteiger partial charge < -0.3 is 14.6 Å². The molecule has 4 nitrogen and oxygen atoms in total. The van der Waals surface area contributed by atoms with Gasteiger partial charge in [0.15, 0.2) is 0 Å². The number of hydrogen-bond acceptors (Lipinski definition) is 4. The van der Waals surface area contributed by atoms with Gasteiger partial charge >= 0.3 is 5.97 Å². The number of hydrogen-bond donors (Lipinski definition) is 1. The van der Waals surface area contributed by atoms with E-state index >= 15 is 0 Å². The molecule has 0 aliphatic carbocycles. The van der Waals surface area contributed by atoms with Crippen molar-refractivity contribution in [2.75, 3.05) is 19.8 Å². The molecule has 0 radical (unpaired) electrons. The van der Waals surface area contributed by atoms with Gasteiger partial charge in [0.2, 0.25) is 0 Å². The molecule has 4 heteroatoms. The van der Waals surface area contributed by atoms with Crippen molar-refractivity contribution in [3.05, 3.63) is 97.2 Å². The van der Waals surface area contributed by atoms with Gasteiger partial charge in [-0.2, -0.15) is 0 Å². The molecule has 0 rings (SSSR count). The van der Waals surface area contributed by atoms with Crippen LogP contribution in [0.5, 0.6) is 0 Å². The SMILES string of the molecule is CC/C=C\C/C=C\C/C=C\C/C=C\C/C=C\CCCCCCCCCCCC(=O)OC(CO)COCCCCCCCC/C=C\C/C=C\C/C=C\CC. The van der Waals surface area contributed by atoms with Crippen LogP contribution in [0.4, 0.5) is 0 Å². The Bertz CT molecular complexity index is 996. The van der Waals surface area contributed by atoms with Gasteiger partial charge in [0, 0.05) is 13.0 Å². The lowest BCUT2D eigenvalue weighted by atomic mass is 10.1.